The molecule has 1 fully saturated rings. The van der Waals surface area contributed by atoms with E-state index in [1.54, 1.807) is 7.11 Å². The van der Waals surface area contributed by atoms with E-state index in [1.807, 2.05) is 18.2 Å². The molecule has 94 valence electrons. The SMILES string of the molecule is COc1ccc(N2CCC(N)C2(C)C)cc1Cl. The third kappa shape index (κ3) is 2.09. The highest BCUT2D eigenvalue weighted by Gasteiger charge is 2.39. The lowest BCUT2D eigenvalue weighted by molar-refractivity contribution is 0.414. The van der Waals surface area contributed by atoms with E-state index in [0.29, 0.717) is 10.8 Å². The standard InChI is InChI=1S/C13H19ClN2O/c1-13(2)12(15)6-7-16(13)9-4-5-11(17-3)10(14)8-9/h4-5,8,12H,6-7,15H2,1-3H3. The Morgan fingerprint density at radius 1 is 1.47 bits per heavy atom. The zero-order valence-electron chi connectivity index (χ0n) is 10.5. The van der Waals surface area contributed by atoms with Crippen molar-refractivity contribution < 1.29 is 4.74 Å². The number of benzene rings is 1. The summed E-state index contributed by atoms with van der Waals surface area (Å²) in [5.41, 5.74) is 7.21. The van der Waals surface area contributed by atoms with E-state index in [-0.39, 0.29) is 11.6 Å². The highest BCUT2D eigenvalue weighted by Crippen LogP contribution is 2.36. The Hall–Kier alpha value is -0.930. The minimum absolute atomic E-state index is 0.0298. The molecule has 1 saturated heterocycles. The quantitative estimate of drug-likeness (QED) is 0.882. The van der Waals surface area contributed by atoms with Gasteiger partial charge in [-0.3, -0.25) is 0 Å². The minimum atomic E-state index is -0.0298. The smallest absolute Gasteiger partial charge is 0.137 e. The van der Waals surface area contributed by atoms with Gasteiger partial charge in [-0.05, 0) is 38.5 Å². The summed E-state index contributed by atoms with van der Waals surface area (Å²) < 4.78 is 5.16. The van der Waals surface area contributed by atoms with Gasteiger partial charge in [0, 0.05) is 23.8 Å². The van der Waals surface area contributed by atoms with Crippen molar-refractivity contribution in [1.82, 2.24) is 0 Å². The molecule has 0 saturated carbocycles. The van der Waals surface area contributed by atoms with E-state index in [0.717, 1.165) is 18.7 Å². The molecule has 0 bridgehead atoms. The normalized spacial score (nSPS) is 22.9. The zero-order valence-corrected chi connectivity index (χ0v) is 11.3. The number of rotatable bonds is 2. The fourth-order valence-electron chi connectivity index (χ4n) is 2.39. The molecule has 2 rings (SSSR count). The van der Waals surface area contributed by atoms with Crippen LogP contribution in [0.4, 0.5) is 5.69 Å². The molecule has 1 aliphatic rings. The first-order valence-electron chi connectivity index (χ1n) is 5.83. The maximum absolute atomic E-state index is 6.15. The van der Waals surface area contributed by atoms with Crippen LogP contribution in [0.5, 0.6) is 5.75 Å². The number of halogens is 1. The second kappa shape index (κ2) is 4.39. The first kappa shape index (κ1) is 12.5. The van der Waals surface area contributed by atoms with Crippen molar-refractivity contribution in [2.24, 2.45) is 5.73 Å². The zero-order chi connectivity index (χ0) is 12.6. The average Bonchev–Trinajstić information content (AvgIpc) is 2.54. The molecule has 1 unspecified atom stereocenters. The van der Waals surface area contributed by atoms with Gasteiger partial charge in [0.15, 0.2) is 0 Å². The lowest BCUT2D eigenvalue weighted by Crippen LogP contribution is -2.48. The van der Waals surface area contributed by atoms with Gasteiger partial charge >= 0.3 is 0 Å². The van der Waals surface area contributed by atoms with Crippen LogP contribution in [-0.2, 0) is 0 Å². The summed E-state index contributed by atoms with van der Waals surface area (Å²) in [6.45, 7) is 5.31. The maximum atomic E-state index is 6.15. The number of methoxy groups -OCH3 is 1. The van der Waals surface area contributed by atoms with Crippen LogP contribution in [0.25, 0.3) is 0 Å². The van der Waals surface area contributed by atoms with Crippen molar-refractivity contribution in [3.05, 3.63) is 23.2 Å². The lowest BCUT2D eigenvalue weighted by atomic mass is 9.96. The second-order valence-corrected chi connectivity index (χ2v) is 5.43. The largest absolute Gasteiger partial charge is 0.495 e. The van der Waals surface area contributed by atoms with Gasteiger partial charge in [-0.15, -0.1) is 0 Å². The Balaban J connectivity index is 2.32. The molecule has 1 aromatic rings. The Kier molecular flexibility index (Phi) is 3.23. The van der Waals surface area contributed by atoms with Gasteiger partial charge in [0.2, 0.25) is 0 Å². The molecular weight excluding hydrogens is 236 g/mol. The van der Waals surface area contributed by atoms with Gasteiger partial charge in [-0.1, -0.05) is 11.6 Å². The van der Waals surface area contributed by atoms with E-state index in [1.165, 1.54) is 0 Å². The van der Waals surface area contributed by atoms with Crippen LogP contribution in [0, 0.1) is 0 Å². The highest BCUT2D eigenvalue weighted by atomic mass is 35.5. The van der Waals surface area contributed by atoms with Gasteiger partial charge in [-0.2, -0.15) is 0 Å². The third-order valence-electron chi connectivity index (χ3n) is 3.71. The Bertz CT molecular complexity index is 420. The van der Waals surface area contributed by atoms with Crippen LogP contribution in [0.3, 0.4) is 0 Å². The molecule has 1 heterocycles. The van der Waals surface area contributed by atoms with Gasteiger partial charge in [0.25, 0.3) is 0 Å². The Labute approximate surface area is 107 Å². The minimum Gasteiger partial charge on any atom is -0.495 e. The monoisotopic (exact) mass is 254 g/mol. The summed E-state index contributed by atoms with van der Waals surface area (Å²) in [5.74, 6) is 0.705. The number of nitrogens with two attached hydrogens (primary N) is 1. The number of nitrogens with zero attached hydrogens (tertiary/aromatic N) is 1. The van der Waals surface area contributed by atoms with Crippen LogP contribution < -0.4 is 15.4 Å². The fourth-order valence-corrected chi connectivity index (χ4v) is 2.65. The van der Waals surface area contributed by atoms with Crippen molar-refractivity contribution in [2.75, 3.05) is 18.6 Å². The summed E-state index contributed by atoms with van der Waals surface area (Å²) >= 11 is 6.15. The average molecular weight is 255 g/mol. The van der Waals surface area contributed by atoms with E-state index >= 15 is 0 Å². The molecule has 0 aromatic heterocycles. The molecule has 3 nitrogen and oxygen atoms in total. The predicted molar refractivity (Wildman–Crippen MR) is 72.0 cm³/mol. The molecule has 1 aromatic carbocycles. The molecule has 0 spiro atoms. The Morgan fingerprint density at radius 2 is 2.18 bits per heavy atom. The van der Waals surface area contributed by atoms with E-state index in [4.69, 9.17) is 22.1 Å². The van der Waals surface area contributed by atoms with Gasteiger partial charge in [0.05, 0.1) is 12.1 Å². The predicted octanol–water partition coefficient (Wildman–Crippen LogP) is 2.66. The van der Waals surface area contributed by atoms with Gasteiger partial charge in [0.1, 0.15) is 5.75 Å². The molecule has 1 aliphatic heterocycles. The van der Waals surface area contributed by atoms with E-state index < -0.39 is 0 Å². The van der Waals surface area contributed by atoms with Crippen LogP contribution in [0.1, 0.15) is 20.3 Å². The topological polar surface area (TPSA) is 38.5 Å². The first-order chi connectivity index (χ1) is 7.96. The van der Waals surface area contributed by atoms with Crippen molar-refractivity contribution in [1.29, 1.82) is 0 Å². The summed E-state index contributed by atoms with van der Waals surface area (Å²) in [5, 5.41) is 0.640. The molecule has 1 atom stereocenters. The van der Waals surface area contributed by atoms with Crippen LogP contribution in [-0.4, -0.2) is 25.2 Å². The molecule has 17 heavy (non-hydrogen) atoms. The molecular formula is C13H19ClN2O. The number of hydrogen-bond acceptors (Lipinski definition) is 3. The van der Waals surface area contributed by atoms with Crippen LogP contribution in [0.15, 0.2) is 18.2 Å². The second-order valence-electron chi connectivity index (χ2n) is 5.02. The molecule has 4 heteroatoms. The summed E-state index contributed by atoms with van der Waals surface area (Å²) in [6.07, 6.45) is 1.01. The van der Waals surface area contributed by atoms with Crippen molar-refractivity contribution in [3.8, 4) is 5.75 Å². The van der Waals surface area contributed by atoms with Crippen molar-refractivity contribution in [3.63, 3.8) is 0 Å². The van der Waals surface area contributed by atoms with Crippen LogP contribution in [0.2, 0.25) is 5.02 Å². The molecule has 0 aliphatic carbocycles. The van der Waals surface area contributed by atoms with Crippen LogP contribution >= 0.6 is 11.6 Å². The van der Waals surface area contributed by atoms with Crippen molar-refractivity contribution in [2.45, 2.75) is 31.8 Å². The number of hydrogen-bond donors (Lipinski definition) is 1. The molecule has 2 N–H and O–H groups in total. The fraction of sp³-hybridized carbons (Fsp3) is 0.538. The number of anilines is 1. The lowest BCUT2D eigenvalue weighted by Gasteiger charge is -2.36. The van der Waals surface area contributed by atoms with Gasteiger partial charge in [-0.25, -0.2) is 0 Å². The third-order valence-corrected chi connectivity index (χ3v) is 4.01. The summed E-state index contributed by atoms with van der Waals surface area (Å²) in [4.78, 5) is 2.31. The first-order valence-corrected chi connectivity index (χ1v) is 6.21. The van der Waals surface area contributed by atoms with Gasteiger partial charge < -0.3 is 15.4 Å². The summed E-state index contributed by atoms with van der Waals surface area (Å²) in [7, 11) is 1.62. The summed E-state index contributed by atoms with van der Waals surface area (Å²) in [6, 6.07) is 6.07. The number of ether oxygens (including phenoxy) is 1. The van der Waals surface area contributed by atoms with Crippen molar-refractivity contribution >= 4 is 17.3 Å². The molecule has 0 amide bonds. The van der Waals surface area contributed by atoms with E-state index in [2.05, 4.69) is 18.7 Å². The highest BCUT2D eigenvalue weighted by molar-refractivity contribution is 6.32. The molecule has 0 radical (unpaired) electrons. The Morgan fingerprint density at radius 3 is 2.65 bits per heavy atom. The maximum Gasteiger partial charge on any atom is 0.137 e. The van der Waals surface area contributed by atoms with E-state index in [9.17, 15) is 0 Å².